The third-order valence-corrected chi connectivity index (χ3v) is 9.74. The number of amides is 2. The number of nitrogens with zero attached hydrogens (tertiary/aromatic N) is 2. The van der Waals surface area contributed by atoms with Crippen LogP contribution >= 0.6 is 0 Å². The number of esters is 1. The zero-order chi connectivity index (χ0) is 35.7. The Morgan fingerprint density at radius 1 is 0.769 bits per heavy atom. The van der Waals surface area contributed by atoms with E-state index in [0.29, 0.717) is 5.69 Å². The fraction of sp³-hybridized carbons (Fsp3) is 0.0714. The lowest BCUT2D eigenvalue weighted by atomic mass is 9.76. The predicted molar refractivity (Wildman–Crippen MR) is 193 cm³/mol. The standard InChI is InChI=1S/C42H25N3O7/c46-36-28-15-17-30-34-31(41(50)45(40(30)49)26-12-6-11-24(19-26)23-9-4-5-10-23)18-16-29(33(28)34)37(47)35(36)38-43-32-20-25(13-14-27(32)39(48)44-38)42(51)52-21-22-7-2-1-3-8-22/h1-4,6-20,35H,5,21H2,(H,43,44,48). The van der Waals surface area contributed by atoms with Gasteiger partial charge in [0.2, 0.25) is 0 Å². The van der Waals surface area contributed by atoms with Crippen LogP contribution in [0.1, 0.15) is 81.1 Å². The molecule has 1 aromatic heterocycles. The lowest BCUT2D eigenvalue weighted by molar-refractivity contribution is 0.0472. The molecule has 250 valence electrons. The van der Waals surface area contributed by atoms with Crippen molar-refractivity contribution in [2.45, 2.75) is 18.9 Å². The summed E-state index contributed by atoms with van der Waals surface area (Å²) in [5.41, 5.74) is 3.32. The molecule has 2 heterocycles. The van der Waals surface area contributed by atoms with Gasteiger partial charge in [0.25, 0.3) is 17.4 Å². The lowest BCUT2D eigenvalue weighted by Crippen LogP contribution is -2.41. The molecule has 0 saturated heterocycles. The van der Waals surface area contributed by atoms with Crippen molar-refractivity contribution < 1.29 is 28.7 Å². The SMILES string of the molecule is O=C(OCc1ccccc1)c1ccc2c(=O)[nH]c(C3C(=O)c4ccc5c6c(ccc(c46)C3=O)C(=O)N(c3cccc(C4=CCC=C4)c3)C5=O)nc2c1. The maximum atomic E-state index is 14.1. The third-order valence-electron chi connectivity index (χ3n) is 9.74. The summed E-state index contributed by atoms with van der Waals surface area (Å²) in [6.45, 7) is 0.0455. The average molecular weight is 684 g/mol. The van der Waals surface area contributed by atoms with Crippen molar-refractivity contribution in [1.29, 1.82) is 0 Å². The number of ether oxygens (including phenoxy) is 1. The number of benzene rings is 5. The van der Waals surface area contributed by atoms with Crippen molar-refractivity contribution in [2.75, 3.05) is 4.90 Å². The summed E-state index contributed by atoms with van der Waals surface area (Å²) in [6.07, 6.45) is 6.88. The normalized spacial score (nSPS) is 15.2. The number of rotatable bonds is 6. The van der Waals surface area contributed by atoms with E-state index in [2.05, 4.69) is 16.0 Å². The molecule has 0 saturated carbocycles. The van der Waals surface area contributed by atoms with Crippen LogP contribution in [0.25, 0.3) is 27.2 Å². The van der Waals surface area contributed by atoms with E-state index < -0.39 is 40.8 Å². The molecule has 10 nitrogen and oxygen atoms in total. The van der Waals surface area contributed by atoms with E-state index in [1.54, 1.807) is 18.2 Å². The van der Waals surface area contributed by atoms with Gasteiger partial charge in [0.1, 0.15) is 18.3 Å². The Morgan fingerprint density at radius 2 is 1.46 bits per heavy atom. The first kappa shape index (κ1) is 30.9. The van der Waals surface area contributed by atoms with Crippen LogP contribution in [0.3, 0.4) is 0 Å². The van der Waals surface area contributed by atoms with Gasteiger partial charge in [-0.25, -0.2) is 14.7 Å². The van der Waals surface area contributed by atoms with E-state index in [4.69, 9.17) is 4.74 Å². The molecule has 0 atom stereocenters. The van der Waals surface area contributed by atoms with Crippen LogP contribution in [0, 0.1) is 0 Å². The number of nitrogens with one attached hydrogen (secondary N) is 1. The molecule has 0 fully saturated rings. The molecule has 10 heteroatoms. The van der Waals surface area contributed by atoms with Gasteiger partial charge in [0.15, 0.2) is 11.6 Å². The Bertz CT molecular complexity index is 2670. The van der Waals surface area contributed by atoms with Gasteiger partial charge in [-0.15, -0.1) is 0 Å². The van der Waals surface area contributed by atoms with Crippen molar-refractivity contribution in [1.82, 2.24) is 9.97 Å². The van der Waals surface area contributed by atoms with Gasteiger partial charge >= 0.3 is 5.97 Å². The van der Waals surface area contributed by atoms with Gasteiger partial charge in [-0.05, 0) is 77.7 Å². The number of aromatic amines is 1. The number of hydrogen-bond donors (Lipinski definition) is 1. The number of ketones is 2. The molecule has 0 radical (unpaired) electrons. The molecule has 5 aromatic carbocycles. The predicted octanol–water partition coefficient (Wildman–Crippen LogP) is 6.74. The quantitative estimate of drug-likeness (QED) is 0.116. The number of allylic oxidation sites excluding steroid dienone is 4. The van der Waals surface area contributed by atoms with Crippen LogP contribution < -0.4 is 10.5 Å². The summed E-state index contributed by atoms with van der Waals surface area (Å²) in [6, 6.07) is 26.5. The molecule has 2 aliphatic carbocycles. The molecule has 1 aliphatic heterocycles. The Kier molecular flexibility index (Phi) is 7.01. The third kappa shape index (κ3) is 4.76. The van der Waals surface area contributed by atoms with Crippen molar-refractivity contribution >= 4 is 62.3 Å². The first-order chi connectivity index (χ1) is 25.3. The second-order valence-corrected chi connectivity index (χ2v) is 12.8. The molecule has 0 spiro atoms. The van der Waals surface area contributed by atoms with Crippen LogP contribution in [0.2, 0.25) is 0 Å². The van der Waals surface area contributed by atoms with Crippen LogP contribution in [-0.4, -0.2) is 39.3 Å². The summed E-state index contributed by atoms with van der Waals surface area (Å²) < 4.78 is 5.44. The molecule has 3 aliphatic rings. The van der Waals surface area contributed by atoms with Crippen molar-refractivity contribution in [2.24, 2.45) is 0 Å². The molecule has 1 N–H and O–H groups in total. The summed E-state index contributed by atoms with van der Waals surface area (Å²) in [4.78, 5) is 90.6. The highest BCUT2D eigenvalue weighted by Crippen LogP contribution is 2.42. The molecule has 6 aromatic rings. The van der Waals surface area contributed by atoms with Crippen molar-refractivity contribution in [3.8, 4) is 0 Å². The van der Waals surface area contributed by atoms with Crippen molar-refractivity contribution in [3.63, 3.8) is 0 Å². The highest BCUT2D eigenvalue weighted by molar-refractivity contribution is 6.40. The van der Waals surface area contributed by atoms with E-state index >= 15 is 0 Å². The van der Waals surface area contributed by atoms with E-state index in [1.165, 1.54) is 42.5 Å². The zero-order valence-corrected chi connectivity index (χ0v) is 27.2. The summed E-state index contributed by atoms with van der Waals surface area (Å²) in [5, 5.41) is 0.600. The fourth-order valence-corrected chi connectivity index (χ4v) is 7.23. The maximum absolute atomic E-state index is 14.1. The minimum Gasteiger partial charge on any atom is -0.457 e. The molecule has 2 amide bonds. The highest BCUT2D eigenvalue weighted by atomic mass is 16.5. The molecular weight excluding hydrogens is 658 g/mol. The second kappa shape index (κ2) is 11.8. The van der Waals surface area contributed by atoms with Gasteiger partial charge in [-0.3, -0.25) is 24.0 Å². The summed E-state index contributed by atoms with van der Waals surface area (Å²) in [7, 11) is 0. The second-order valence-electron chi connectivity index (χ2n) is 12.8. The van der Waals surface area contributed by atoms with Gasteiger partial charge in [-0.2, -0.15) is 0 Å². The van der Waals surface area contributed by atoms with E-state index in [9.17, 15) is 28.8 Å². The number of fused-ring (bicyclic) bond motifs is 1. The first-order valence-corrected chi connectivity index (χ1v) is 16.6. The van der Waals surface area contributed by atoms with Crippen molar-refractivity contribution in [3.05, 3.63) is 170 Å². The number of carbonyl (C=O) groups excluding carboxylic acids is 5. The number of imide groups is 1. The van der Waals surface area contributed by atoms with Gasteiger partial charge in [0.05, 0.1) is 22.2 Å². The van der Waals surface area contributed by atoms with Crippen LogP contribution in [0.4, 0.5) is 5.69 Å². The Hall–Kier alpha value is -7.07. The molecule has 0 unspecified atom stereocenters. The minimum atomic E-state index is -1.51. The maximum Gasteiger partial charge on any atom is 0.338 e. The fourth-order valence-electron chi connectivity index (χ4n) is 7.23. The number of H-pyrrole nitrogens is 1. The number of anilines is 1. The van der Waals surface area contributed by atoms with E-state index in [0.717, 1.165) is 28.0 Å². The molecule has 0 bridgehead atoms. The van der Waals surface area contributed by atoms with Crippen LogP contribution in [-0.2, 0) is 11.3 Å². The van der Waals surface area contributed by atoms with Gasteiger partial charge in [-0.1, -0.05) is 60.7 Å². The monoisotopic (exact) mass is 683 g/mol. The number of Topliss-reactive ketones (excluding diaryl/α,β-unsaturated/α-hetero) is 2. The number of carbonyl (C=O) groups is 5. The zero-order valence-electron chi connectivity index (χ0n) is 27.2. The molecule has 9 rings (SSSR count). The lowest BCUT2D eigenvalue weighted by Gasteiger charge is -2.30. The topological polar surface area (TPSA) is 144 Å². The van der Waals surface area contributed by atoms with Gasteiger partial charge in [0, 0.05) is 33.0 Å². The highest BCUT2D eigenvalue weighted by Gasteiger charge is 2.43. The smallest absolute Gasteiger partial charge is 0.338 e. The number of hydrogen-bond acceptors (Lipinski definition) is 8. The van der Waals surface area contributed by atoms with Crippen LogP contribution in [0.15, 0.2) is 120 Å². The Labute approximate surface area is 294 Å². The van der Waals surface area contributed by atoms with E-state index in [1.807, 2.05) is 48.6 Å². The molecular formula is C42H25N3O7. The Balaban J connectivity index is 1.07. The Morgan fingerprint density at radius 3 is 2.15 bits per heavy atom. The van der Waals surface area contributed by atoms with Crippen LogP contribution in [0.5, 0.6) is 0 Å². The van der Waals surface area contributed by atoms with E-state index in [-0.39, 0.29) is 61.9 Å². The number of aromatic nitrogens is 2. The minimum absolute atomic E-state index is 0.0455. The average Bonchev–Trinajstić information content (AvgIpc) is 3.71. The summed E-state index contributed by atoms with van der Waals surface area (Å²) in [5.74, 6) is -4.76. The first-order valence-electron chi connectivity index (χ1n) is 16.6. The largest absolute Gasteiger partial charge is 0.457 e. The summed E-state index contributed by atoms with van der Waals surface area (Å²) >= 11 is 0. The molecule has 52 heavy (non-hydrogen) atoms. The van der Waals surface area contributed by atoms with Gasteiger partial charge < -0.3 is 9.72 Å².